The molecule has 0 atom stereocenters. The first-order valence-corrected chi connectivity index (χ1v) is 12.4. The molecule has 6 rings (SSSR count). The number of carbonyl (C=O) groups is 1. The van der Waals surface area contributed by atoms with Gasteiger partial charge in [0.15, 0.2) is 11.5 Å². The fourth-order valence-electron chi connectivity index (χ4n) is 4.63. The lowest BCUT2D eigenvalue weighted by Crippen LogP contribution is -2.35. The number of aryl methyl sites for hydroxylation is 1. The van der Waals surface area contributed by atoms with Gasteiger partial charge in [0, 0.05) is 37.1 Å². The van der Waals surface area contributed by atoms with Crippen LogP contribution in [0, 0.1) is 6.92 Å². The van der Waals surface area contributed by atoms with Gasteiger partial charge in [0.2, 0.25) is 5.95 Å². The molecule has 0 spiro atoms. The topological polar surface area (TPSA) is 66.6 Å². The zero-order valence-corrected chi connectivity index (χ0v) is 19.7. The van der Waals surface area contributed by atoms with Crippen LogP contribution < -0.4 is 4.90 Å². The highest BCUT2D eigenvalue weighted by molar-refractivity contribution is 7.12. The number of thiophene rings is 1. The monoisotopic (exact) mass is 468 g/mol. The van der Waals surface area contributed by atoms with Crippen molar-refractivity contribution >= 4 is 39.7 Å². The minimum Gasteiger partial charge on any atom is -0.340 e. The second-order valence-corrected chi connectivity index (χ2v) is 9.54. The molecular formula is C26H24N6OS. The third kappa shape index (κ3) is 3.60. The van der Waals surface area contributed by atoms with Gasteiger partial charge < -0.3 is 9.80 Å². The van der Waals surface area contributed by atoms with Crippen LogP contribution >= 0.6 is 11.3 Å². The summed E-state index contributed by atoms with van der Waals surface area (Å²) in [7, 11) is 0. The van der Waals surface area contributed by atoms with Crippen LogP contribution in [0.25, 0.3) is 27.9 Å². The second-order valence-electron chi connectivity index (χ2n) is 8.59. The standard InChI is InChI=1S/C26H24N6OS/c1-18-7-4-8-19(17-18)23-28-29-24-20-9-2-3-10-21(20)27-26(32(23)24)31-13-6-12-30(14-15-31)25(33)22-11-5-16-34-22/h2-5,7-11,16-17H,6,12-15H2,1H3. The number of carbonyl (C=O) groups excluding carboxylic acids is 1. The van der Waals surface area contributed by atoms with Crippen LogP contribution in [0.2, 0.25) is 0 Å². The Hall–Kier alpha value is -3.78. The van der Waals surface area contributed by atoms with Crippen molar-refractivity contribution < 1.29 is 4.79 Å². The molecule has 2 aromatic carbocycles. The third-order valence-corrected chi connectivity index (χ3v) is 7.16. The van der Waals surface area contributed by atoms with Crippen molar-refractivity contribution in [1.82, 2.24) is 24.5 Å². The molecule has 0 unspecified atom stereocenters. The van der Waals surface area contributed by atoms with Crippen LogP contribution in [-0.4, -0.2) is 56.6 Å². The average molecular weight is 469 g/mol. The van der Waals surface area contributed by atoms with E-state index < -0.39 is 0 Å². The summed E-state index contributed by atoms with van der Waals surface area (Å²) in [5.41, 5.74) is 3.87. The molecule has 1 saturated heterocycles. The maximum Gasteiger partial charge on any atom is 0.263 e. The summed E-state index contributed by atoms with van der Waals surface area (Å²) in [6.45, 7) is 4.96. The number of anilines is 1. The van der Waals surface area contributed by atoms with Gasteiger partial charge in [-0.25, -0.2) is 9.38 Å². The molecule has 1 aliphatic heterocycles. The quantitative estimate of drug-likeness (QED) is 0.385. The largest absolute Gasteiger partial charge is 0.340 e. The molecule has 3 aromatic heterocycles. The molecule has 0 saturated carbocycles. The Morgan fingerprint density at radius 1 is 0.941 bits per heavy atom. The Bertz CT molecular complexity index is 1490. The second kappa shape index (κ2) is 8.53. The number of fused-ring (bicyclic) bond motifs is 3. The van der Waals surface area contributed by atoms with E-state index in [4.69, 9.17) is 4.98 Å². The van der Waals surface area contributed by atoms with Crippen molar-refractivity contribution in [2.24, 2.45) is 0 Å². The van der Waals surface area contributed by atoms with Crippen molar-refractivity contribution in [3.63, 3.8) is 0 Å². The van der Waals surface area contributed by atoms with Crippen LogP contribution in [0.15, 0.2) is 66.0 Å². The van der Waals surface area contributed by atoms with Crippen molar-refractivity contribution in [3.8, 4) is 11.4 Å². The molecule has 1 fully saturated rings. The third-order valence-electron chi connectivity index (χ3n) is 6.30. The SMILES string of the molecule is Cc1cccc(-c2nnc3c4ccccc4nc(N4CCCN(C(=O)c5cccs5)CC4)n23)c1. The molecule has 5 aromatic rings. The first-order valence-electron chi connectivity index (χ1n) is 11.5. The predicted molar refractivity (Wildman–Crippen MR) is 136 cm³/mol. The Kier molecular flexibility index (Phi) is 5.22. The molecular weight excluding hydrogens is 444 g/mol. The lowest BCUT2D eigenvalue weighted by molar-refractivity contribution is 0.0772. The highest BCUT2D eigenvalue weighted by atomic mass is 32.1. The van der Waals surface area contributed by atoms with Crippen LogP contribution in [-0.2, 0) is 0 Å². The zero-order chi connectivity index (χ0) is 23.1. The Balaban J connectivity index is 1.44. The summed E-state index contributed by atoms with van der Waals surface area (Å²) in [5.74, 6) is 1.71. The minimum atomic E-state index is 0.109. The zero-order valence-electron chi connectivity index (χ0n) is 18.9. The van der Waals surface area contributed by atoms with E-state index in [1.165, 1.54) is 16.9 Å². The molecule has 4 heterocycles. The molecule has 170 valence electrons. The Morgan fingerprint density at radius 3 is 2.71 bits per heavy atom. The van der Waals surface area contributed by atoms with Gasteiger partial charge >= 0.3 is 0 Å². The minimum absolute atomic E-state index is 0.109. The predicted octanol–water partition coefficient (Wildman–Crippen LogP) is 4.67. The Labute approximate surface area is 201 Å². The van der Waals surface area contributed by atoms with E-state index in [2.05, 4.69) is 44.6 Å². The Morgan fingerprint density at radius 2 is 1.85 bits per heavy atom. The summed E-state index contributed by atoms with van der Waals surface area (Å²) in [4.78, 5) is 23.0. The maximum atomic E-state index is 13.0. The highest BCUT2D eigenvalue weighted by Gasteiger charge is 2.25. The van der Waals surface area contributed by atoms with Crippen molar-refractivity contribution in [2.75, 3.05) is 31.1 Å². The van der Waals surface area contributed by atoms with Gasteiger partial charge in [0.25, 0.3) is 5.91 Å². The van der Waals surface area contributed by atoms with Gasteiger partial charge in [-0.2, -0.15) is 0 Å². The fourth-order valence-corrected chi connectivity index (χ4v) is 5.32. The van der Waals surface area contributed by atoms with Crippen molar-refractivity contribution in [3.05, 3.63) is 76.5 Å². The number of amides is 1. The number of para-hydroxylation sites is 1. The van der Waals surface area contributed by atoms with E-state index in [1.54, 1.807) is 0 Å². The molecule has 0 bridgehead atoms. The normalized spacial score (nSPS) is 14.6. The summed E-state index contributed by atoms with van der Waals surface area (Å²) in [6, 6.07) is 20.2. The number of nitrogens with zero attached hydrogens (tertiary/aromatic N) is 6. The van der Waals surface area contributed by atoms with Gasteiger partial charge in [0.1, 0.15) is 0 Å². The van der Waals surface area contributed by atoms with E-state index in [0.717, 1.165) is 58.3 Å². The van der Waals surface area contributed by atoms with Crippen LogP contribution in [0.4, 0.5) is 5.95 Å². The summed E-state index contributed by atoms with van der Waals surface area (Å²) in [6.07, 6.45) is 0.870. The highest BCUT2D eigenvalue weighted by Crippen LogP contribution is 2.29. The number of aromatic nitrogens is 4. The molecule has 0 N–H and O–H groups in total. The summed E-state index contributed by atoms with van der Waals surface area (Å²) < 4.78 is 2.08. The molecule has 0 aliphatic carbocycles. The molecule has 1 amide bonds. The molecule has 1 aliphatic rings. The summed E-state index contributed by atoms with van der Waals surface area (Å²) in [5, 5.41) is 12.1. The fraction of sp³-hybridized carbons (Fsp3) is 0.231. The smallest absolute Gasteiger partial charge is 0.263 e. The number of hydrogen-bond acceptors (Lipinski definition) is 6. The van der Waals surface area contributed by atoms with Gasteiger partial charge in [0.05, 0.1) is 10.4 Å². The number of benzene rings is 2. The van der Waals surface area contributed by atoms with E-state index in [1.807, 2.05) is 52.7 Å². The number of hydrogen-bond donors (Lipinski definition) is 0. The van der Waals surface area contributed by atoms with Crippen LogP contribution in [0.1, 0.15) is 21.7 Å². The first-order chi connectivity index (χ1) is 16.7. The van der Waals surface area contributed by atoms with Gasteiger partial charge in [-0.3, -0.25) is 4.79 Å². The van der Waals surface area contributed by atoms with Crippen molar-refractivity contribution in [1.29, 1.82) is 0 Å². The molecule has 0 radical (unpaired) electrons. The lowest BCUT2D eigenvalue weighted by Gasteiger charge is -2.24. The van der Waals surface area contributed by atoms with E-state index >= 15 is 0 Å². The maximum absolute atomic E-state index is 13.0. The first kappa shape index (κ1) is 20.8. The molecule has 7 nitrogen and oxygen atoms in total. The van der Waals surface area contributed by atoms with E-state index in [0.29, 0.717) is 13.1 Å². The van der Waals surface area contributed by atoms with Gasteiger partial charge in [-0.15, -0.1) is 21.5 Å². The molecule has 8 heteroatoms. The van der Waals surface area contributed by atoms with E-state index in [-0.39, 0.29) is 5.91 Å². The van der Waals surface area contributed by atoms with Gasteiger partial charge in [-0.1, -0.05) is 42.0 Å². The van der Waals surface area contributed by atoms with Crippen molar-refractivity contribution in [2.45, 2.75) is 13.3 Å². The molecule has 34 heavy (non-hydrogen) atoms. The lowest BCUT2D eigenvalue weighted by atomic mass is 10.1. The van der Waals surface area contributed by atoms with Crippen LogP contribution in [0.5, 0.6) is 0 Å². The average Bonchev–Trinajstić information content (AvgIpc) is 3.49. The number of rotatable bonds is 3. The van der Waals surface area contributed by atoms with Gasteiger partial charge in [-0.05, 0) is 43.0 Å². The summed E-state index contributed by atoms with van der Waals surface area (Å²) >= 11 is 1.50. The van der Waals surface area contributed by atoms with E-state index in [9.17, 15) is 4.79 Å². The van der Waals surface area contributed by atoms with Crippen LogP contribution in [0.3, 0.4) is 0 Å².